The van der Waals surface area contributed by atoms with Gasteiger partial charge in [-0.25, -0.2) is 9.59 Å². The van der Waals surface area contributed by atoms with Crippen molar-refractivity contribution < 1.29 is 14.3 Å². The van der Waals surface area contributed by atoms with Gasteiger partial charge in [0.1, 0.15) is 18.0 Å². The predicted octanol–water partition coefficient (Wildman–Crippen LogP) is 3.11. The number of aromatic nitrogens is 1. The molecular formula is C17H13N3O3. The van der Waals surface area contributed by atoms with Gasteiger partial charge in [0.25, 0.3) is 0 Å². The van der Waals surface area contributed by atoms with Crippen molar-refractivity contribution in [2.75, 3.05) is 0 Å². The molecule has 0 fully saturated rings. The Balaban J connectivity index is 1.96. The van der Waals surface area contributed by atoms with Gasteiger partial charge >= 0.3 is 6.03 Å². The summed E-state index contributed by atoms with van der Waals surface area (Å²) in [5, 5.41) is 0.624. The van der Waals surface area contributed by atoms with E-state index in [9.17, 15) is 9.59 Å². The van der Waals surface area contributed by atoms with Crippen LogP contribution >= 0.6 is 0 Å². The molecule has 0 aliphatic carbocycles. The maximum atomic E-state index is 11.5. The van der Waals surface area contributed by atoms with Crippen LogP contribution in [0.3, 0.4) is 0 Å². The first-order valence-corrected chi connectivity index (χ1v) is 6.88. The van der Waals surface area contributed by atoms with Crippen molar-refractivity contribution in [1.82, 2.24) is 4.57 Å². The summed E-state index contributed by atoms with van der Waals surface area (Å²) >= 11 is 0. The Bertz CT molecular complexity index is 909. The van der Waals surface area contributed by atoms with Crippen molar-refractivity contribution in [1.29, 1.82) is 0 Å². The van der Waals surface area contributed by atoms with Gasteiger partial charge < -0.3 is 10.5 Å². The molecule has 1 aromatic heterocycles. The van der Waals surface area contributed by atoms with Gasteiger partial charge in [-0.1, -0.05) is 30.3 Å². The number of nitrogens with zero attached hydrogens (tertiary/aromatic N) is 2. The Hall–Kier alpha value is -3.37. The summed E-state index contributed by atoms with van der Waals surface area (Å²) in [5.41, 5.74) is 7.24. The van der Waals surface area contributed by atoms with Crippen LogP contribution in [0.5, 0.6) is 5.75 Å². The number of fused-ring (bicyclic) bond motifs is 1. The molecule has 3 rings (SSSR count). The van der Waals surface area contributed by atoms with Gasteiger partial charge in [0, 0.05) is 17.6 Å². The lowest BCUT2D eigenvalue weighted by Gasteiger charge is -2.07. The first kappa shape index (κ1) is 14.6. The van der Waals surface area contributed by atoms with Crippen molar-refractivity contribution in [3.8, 4) is 5.75 Å². The number of hydrogen-bond acceptors (Lipinski definition) is 4. The normalized spacial score (nSPS) is 10.3. The summed E-state index contributed by atoms with van der Waals surface area (Å²) in [6.07, 6.45) is 2.87. The third-order valence-corrected chi connectivity index (χ3v) is 3.41. The topological polar surface area (TPSA) is 86.7 Å². The van der Waals surface area contributed by atoms with E-state index in [0.29, 0.717) is 28.9 Å². The van der Waals surface area contributed by atoms with Crippen molar-refractivity contribution in [2.24, 2.45) is 10.7 Å². The van der Waals surface area contributed by atoms with Crippen molar-refractivity contribution >= 4 is 28.7 Å². The van der Waals surface area contributed by atoms with E-state index in [4.69, 9.17) is 10.5 Å². The Kier molecular flexibility index (Phi) is 3.91. The number of amides is 1. The maximum Gasteiger partial charge on any atom is 0.323 e. The van der Waals surface area contributed by atoms with Crippen LogP contribution in [0.4, 0.5) is 10.5 Å². The molecule has 0 unspecified atom stereocenters. The standard InChI is InChI=1S/C17H13N3O3/c18-17(22)20-9-15(19-11-21)14-7-6-13(8-16(14)20)23-10-12-4-2-1-3-5-12/h1-9H,10H2,(H2,18,22). The number of carbonyl (C=O) groups excluding carboxylic acids is 2. The van der Waals surface area contributed by atoms with Gasteiger partial charge in [0.05, 0.1) is 5.52 Å². The lowest BCUT2D eigenvalue weighted by Crippen LogP contribution is -2.18. The van der Waals surface area contributed by atoms with E-state index >= 15 is 0 Å². The van der Waals surface area contributed by atoms with Gasteiger partial charge in [-0.15, -0.1) is 0 Å². The molecule has 0 aliphatic heterocycles. The number of hydrogen-bond donors (Lipinski definition) is 1. The minimum atomic E-state index is -0.664. The van der Waals surface area contributed by atoms with E-state index in [0.717, 1.165) is 5.56 Å². The zero-order chi connectivity index (χ0) is 16.2. The number of benzene rings is 2. The van der Waals surface area contributed by atoms with Crippen molar-refractivity contribution in [3.63, 3.8) is 0 Å². The van der Waals surface area contributed by atoms with Crippen molar-refractivity contribution in [3.05, 3.63) is 60.3 Å². The first-order chi connectivity index (χ1) is 11.2. The molecule has 0 radical (unpaired) electrons. The number of rotatable bonds is 4. The fourth-order valence-electron chi connectivity index (χ4n) is 2.34. The minimum absolute atomic E-state index is 0.336. The zero-order valence-electron chi connectivity index (χ0n) is 12.1. The van der Waals surface area contributed by atoms with Crippen LogP contribution < -0.4 is 10.5 Å². The number of primary amides is 1. The molecule has 0 aliphatic rings. The number of isocyanates is 1. The second-order valence-electron chi connectivity index (χ2n) is 4.88. The fraction of sp³-hybridized carbons (Fsp3) is 0.0588. The molecule has 6 nitrogen and oxygen atoms in total. The molecular weight excluding hydrogens is 294 g/mol. The SMILES string of the molecule is NC(=O)n1cc(N=C=O)c2ccc(OCc3ccccc3)cc21. The molecule has 1 heterocycles. The molecule has 2 N–H and O–H groups in total. The van der Waals surface area contributed by atoms with Gasteiger partial charge in [-0.3, -0.25) is 4.57 Å². The summed E-state index contributed by atoms with van der Waals surface area (Å²) in [6.45, 7) is 0.406. The van der Waals surface area contributed by atoms with E-state index in [1.807, 2.05) is 30.3 Å². The van der Waals surface area contributed by atoms with Crippen LogP contribution in [0.15, 0.2) is 59.7 Å². The van der Waals surface area contributed by atoms with E-state index in [-0.39, 0.29) is 0 Å². The minimum Gasteiger partial charge on any atom is -0.489 e. The molecule has 0 spiro atoms. The highest BCUT2D eigenvalue weighted by Crippen LogP contribution is 2.31. The monoisotopic (exact) mass is 307 g/mol. The smallest absolute Gasteiger partial charge is 0.323 e. The van der Waals surface area contributed by atoms with Crippen LogP contribution in [0, 0.1) is 0 Å². The molecule has 114 valence electrons. The molecule has 0 atom stereocenters. The zero-order valence-corrected chi connectivity index (χ0v) is 12.1. The predicted molar refractivity (Wildman–Crippen MR) is 85.5 cm³/mol. The van der Waals surface area contributed by atoms with Crippen LogP contribution in [0.1, 0.15) is 5.56 Å². The molecule has 1 amide bonds. The second kappa shape index (κ2) is 6.17. The molecule has 2 aromatic carbocycles. The highest BCUT2D eigenvalue weighted by molar-refractivity contribution is 5.99. The Morgan fingerprint density at radius 3 is 2.70 bits per heavy atom. The number of nitrogens with two attached hydrogens (primary N) is 1. The van der Waals surface area contributed by atoms with Gasteiger partial charge in [-0.05, 0) is 17.7 Å². The number of ether oxygens (including phenoxy) is 1. The van der Waals surface area contributed by atoms with Crippen LogP contribution in [-0.2, 0) is 11.4 Å². The molecule has 3 aromatic rings. The maximum absolute atomic E-state index is 11.5. The summed E-state index contributed by atoms with van der Waals surface area (Å²) in [5.74, 6) is 0.587. The summed E-state index contributed by atoms with van der Waals surface area (Å²) < 4.78 is 6.95. The Morgan fingerprint density at radius 2 is 2.00 bits per heavy atom. The summed E-state index contributed by atoms with van der Waals surface area (Å²) in [4.78, 5) is 25.6. The van der Waals surface area contributed by atoms with Crippen LogP contribution in [0.2, 0.25) is 0 Å². The van der Waals surface area contributed by atoms with Gasteiger partial charge in [-0.2, -0.15) is 4.99 Å². The quantitative estimate of drug-likeness (QED) is 0.593. The van der Waals surface area contributed by atoms with E-state index in [1.165, 1.54) is 16.8 Å². The average Bonchev–Trinajstić information content (AvgIpc) is 2.93. The van der Waals surface area contributed by atoms with Crippen LogP contribution in [-0.4, -0.2) is 16.7 Å². The largest absolute Gasteiger partial charge is 0.489 e. The lowest BCUT2D eigenvalue weighted by molar-refractivity contribution is 0.251. The third kappa shape index (κ3) is 2.97. The van der Waals surface area contributed by atoms with E-state index in [2.05, 4.69) is 4.99 Å². The summed E-state index contributed by atoms with van der Waals surface area (Å²) in [7, 11) is 0. The second-order valence-corrected chi connectivity index (χ2v) is 4.88. The average molecular weight is 307 g/mol. The molecule has 0 saturated heterocycles. The van der Waals surface area contributed by atoms with Crippen molar-refractivity contribution in [2.45, 2.75) is 6.61 Å². The highest BCUT2D eigenvalue weighted by Gasteiger charge is 2.12. The highest BCUT2D eigenvalue weighted by atomic mass is 16.5. The fourth-order valence-corrected chi connectivity index (χ4v) is 2.34. The third-order valence-electron chi connectivity index (χ3n) is 3.41. The van der Waals surface area contributed by atoms with E-state index < -0.39 is 6.03 Å². The number of carbonyl (C=O) groups is 1. The molecule has 6 heteroatoms. The molecule has 0 saturated carbocycles. The molecule has 0 bridgehead atoms. The Labute approximate surface area is 131 Å². The van der Waals surface area contributed by atoms with Crippen LogP contribution in [0.25, 0.3) is 10.9 Å². The lowest BCUT2D eigenvalue weighted by atomic mass is 10.2. The van der Waals surface area contributed by atoms with Gasteiger partial charge in [0.2, 0.25) is 6.08 Å². The van der Waals surface area contributed by atoms with E-state index in [1.54, 1.807) is 18.2 Å². The Morgan fingerprint density at radius 1 is 1.22 bits per heavy atom. The number of aliphatic imine (C=N–C) groups is 1. The molecule has 23 heavy (non-hydrogen) atoms. The first-order valence-electron chi connectivity index (χ1n) is 6.88. The van der Waals surface area contributed by atoms with Gasteiger partial charge in [0.15, 0.2) is 0 Å². The summed E-state index contributed by atoms with van der Waals surface area (Å²) in [6, 6.07) is 14.2.